The molecule has 2 rings (SSSR count). The summed E-state index contributed by atoms with van der Waals surface area (Å²) in [4.78, 5) is 23.3. The van der Waals surface area contributed by atoms with Gasteiger partial charge in [0.15, 0.2) is 12.5 Å². The largest absolute Gasteiger partial charge is 0.460 e. The van der Waals surface area contributed by atoms with Crippen molar-refractivity contribution in [1.29, 1.82) is 0 Å². The second-order valence-corrected chi connectivity index (χ2v) is 7.87. The van der Waals surface area contributed by atoms with Gasteiger partial charge in [0.1, 0.15) is 55.4 Å². The van der Waals surface area contributed by atoms with Crippen molar-refractivity contribution in [3.05, 3.63) is 12.2 Å². The van der Waals surface area contributed by atoms with E-state index < -0.39 is 86.6 Å². The molecule has 15 nitrogen and oxygen atoms in total. The van der Waals surface area contributed by atoms with E-state index in [1.807, 2.05) is 0 Å². The topological polar surface area (TPSA) is 237 Å². The molecule has 0 spiro atoms. The maximum atomic E-state index is 12.0. The van der Waals surface area contributed by atoms with Crippen molar-refractivity contribution in [2.24, 2.45) is 0 Å². The zero-order chi connectivity index (χ0) is 25.6. The van der Waals surface area contributed by atoms with Crippen LogP contribution < -0.4 is 10.6 Å². The van der Waals surface area contributed by atoms with Gasteiger partial charge in [0, 0.05) is 5.57 Å². The van der Waals surface area contributed by atoms with Gasteiger partial charge in [0.25, 0.3) is 0 Å². The predicted octanol–water partition coefficient (Wildman–Crippen LogP) is -4.97. The Bertz CT molecular complexity index is 706. The van der Waals surface area contributed by atoms with Gasteiger partial charge in [0.05, 0.1) is 19.8 Å². The summed E-state index contributed by atoms with van der Waals surface area (Å²) in [5.74, 6) is -0.632. The number of amides is 2. The fraction of sp³-hybridized carbons (Fsp3) is 0.789. The second-order valence-electron chi connectivity index (χ2n) is 7.87. The van der Waals surface area contributed by atoms with Crippen molar-refractivity contribution < 1.29 is 64.3 Å². The molecule has 0 unspecified atom stereocenters. The highest BCUT2D eigenvalue weighted by Gasteiger charge is 2.50. The first-order valence-electron chi connectivity index (χ1n) is 10.5. The molecule has 2 heterocycles. The third-order valence-electron chi connectivity index (χ3n) is 5.25. The molecule has 15 heteroatoms. The SMILES string of the molecule is C=C(C)C(=O)OCCNC(=O)N[C@@H]1O[C@H](CO)[C@@H](O[C@@H]2O[C@H](CO)[C@@H](O)[C@H](O)[C@H]2O)[C@H](O)[C@H]1O. The number of hydrogen-bond donors (Lipinski definition) is 9. The predicted molar refractivity (Wildman–Crippen MR) is 109 cm³/mol. The van der Waals surface area contributed by atoms with Crippen molar-refractivity contribution in [3.8, 4) is 0 Å². The van der Waals surface area contributed by atoms with Crippen molar-refractivity contribution in [3.63, 3.8) is 0 Å². The molecule has 0 aromatic carbocycles. The molecule has 0 radical (unpaired) electrons. The number of hydrogen-bond acceptors (Lipinski definition) is 13. The Balaban J connectivity index is 1.94. The maximum absolute atomic E-state index is 12.0. The van der Waals surface area contributed by atoms with Gasteiger partial charge in [0.2, 0.25) is 0 Å². The van der Waals surface area contributed by atoms with Crippen molar-refractivity contribution >= 4 is 12.0 Å². The molecular formula is C19H32N2O13. The quantitative estimate of drug-likeness (QED) is 0.0827. The third kappa shape index (κ3) is 6.82. The lowest BCUT2D eigenvalue weighted by Crippen LogP contribution is -2.67. The first-order chi connectivity index (χ1) is 16.0. The minimum atomic E-state index is -1.79. The van der Waals surface area contributed by atoms with Gasteiger partial charge in [-0.3, -0.25) is 0 Å². The summed E-state index contributed by atoms with van der Waals surface area (Å²) in [6.45, 7) is 3.18. The average molecular weight is 496 g/mol. The summed E-state index contributed by atoms with van der Waals surface area (Å²) in [7, 11) is 0. The number of carbonyl (C=O) groups excluding carboxylic acids is 2. The lowest BCUT2D eigenvalue weighted by Gasteiger charge is -2.46. The summed E-state index contributed by atoms with van der Waals surface area (Å²) >= 11 is 0. The van der Waals surface area contributed by atoms with Crippen LogP contribution in [0.2, 0.25) is 0 Å². The lowest BCUT2D eigenvalue weighted by molar-refractivity contribution is -0.342. The Labute approximate surface area is 194 Å². The summed E-state index contributed by atoms with van der Waals surface area (Å²) in [6, 6.07) is -0.840. The molecular weight excluding hydrogens is 464 g/mol. The van der Waals surface area contributed by atoms with Gasteiger partial charge >= 0.3 is 12.0 Å². The highest BCUT2D eigenvalue weighted by atomic mass is 16.7. The lowest BCUT2D eigenvalue weighted by atomic mass is 9.96. The first-order valence-corrected chi connectivity index (χ1v) is 10.5. The van der Waals surface area contributed by atoms with Crippen LogP contribution in [-0.2, 0) is 23.7 Å². The molecule has 2 aliphatic heterocycles. The van der Waals surface area contributed by atoms with Crippen molar-refractivity contribution in [2.75, 3.05) is 26.4 Å². The Kier molecular flexibility index (Phi) is 10.6. The fourth-order valence-corrected chi connectivity index (χ4v) is 3.32. The van der Waals surface area contributed by atoms with Crippen LogP contribution in [0.5, 0.6) is 0 Å². The van der Waals surface area contributed by atoms with Gasteiger partial charge in [-0.25, -0.2) is 9.59 Å². The fourth-order valence-electron chi connectivity index (χ4n) is 3.32. The van der Waals surface area contributed by atoms with Gasteiger partial charge in [-0.2, -0.15) is 0 Å². The van der Waals surface area contributed by atoms with Gasteiger partial charge < -0.3 is 65.3 Å². The number of urea groups is 1. The first kappa shape index (κ1) is 28.3. The van der Waals surface area contributed by atoms with E-state index in [9.17, 15) is 45.3 Å². The van der Waals surface area contributed by atoms with Crippen LogP contribution in [0, 0.1) is 0 Å². The minimum absolute atomic E-state index is 0.0809. The number of carbonyl (C=O) groups is 2. The number of rotatable bonds is 9. The second kappa shape index (κ2) is 12.7. The summed E-state index contributed by atoms with van der Waals surface area (Å²) < 4.78 is 20.8. The van der Waals surface area contributed by atoms with E-state index in [1.165, 1.54) is 6.92 Å². The normalized spacial score (nSPS) is 38.1. The van der Waals surface area contributed by atoms with Crippen molar-refractivity contribution in [1.82, 2.24) is 10.6 Å². The Hall–Kier alpha value is -1.92. The van der Waals surface area contributed by atoms with E-state index in [1.54, 1.807) is 0 Å². The number of ether oxygens (including phenoxy) is 4. The van der Waals surface area contributed by atoms with Crippen LogP contribution in [0.4, 0.5) is 4.79 Å². The number of esters is 1. The molecule has 34 heavy (non-hydrogen) atoms. The van der Waals surface area contributed by atoms with Crippen LogP contribution >= 0.6 is 0 Å². The van der Waals surface area contributed by atoms with E-state index in [-0.39, 0.29) is 18.7 Å². The zero-order valence-electron chi connectivity index (χ0n) is 18.4. The minimum Gasteiger partial charge on any atom is -0.460 e. The molecule has 196 valence electrons. The molecule has 0 saturated carbocycles. The van der Waals surface area contributed by atoms with Crippen LogP contribution in [0.1, 0.15) is 6.92 Å². The van der Waals surface area contributed by atoms with Crippen molar-refractivity contribution in [2.45, 2.75) is 68.3 Å². The molecule has 2 aliphatic rings. The molecule has 2 fully saturated rings. The highest BCUT2D eigenvalue weighted by Crippen LogP contribution is 2.28. The summed E-state index contributed by atoms with van der Waals surface area (Å²) in [5, 5.41) is 74.2. The Morgan fingerprint density at radius 3 is 2.15 bits per heavy atom. The smallest absolute Gasteiger partial charge is 0.333 e. The van der Waals surface area contributed by atoms with Crippen LogP contribution in [0.3, 0.4) is 0 Å². The average Bonchev–Trinajstić information content (AvgIpc) is 2.81. The number of aliphatic hydroxyl groups is 7. The van der Waals surface area contributed by atoms with E-state index >= 15 is 0 Å². The third-order valence-corrected chi connectivity index (χ3v) is 5.25. The van der Waals surface area contributed by atoms with E-state index in [2.05, 4.69) is 17.2 Å². The van der Waals surface area contributed by atoms with Crippen LogP contribution in [0.15, 0.2) is 12.2 Å². The van der Waals surface area contributed by atoms with Crippen LogP contribution in [-0.4, -0.2) is 135 Å². The molecule has 2 saturated heterocycles. The number of aliphatic hydroxyl groups excluding tert-OH is 7. The Morgan fingerprint density at radius 2 is 1.56 bits per heavy atom. The molecule has 2 amide bonds. The van der Waals surface area contributed by atoms with E-state index in [0.29, 0.717) is 0 Å². The van der Waals surface area contributed by atoms with Crippen LogP contribution in [0.25, 0.3) is 0 Å². The van der Waals surface area contributed by atoms with Gasteiger partial charge in [-0.15, -0.1) is 0 Å². The molecule has 0 aliphatic carbocycles. The molecule has 10 atom stereocenters. The molecule has 0 aromatic heterocycles. The summed E-state index contributed by atoms with van der Waals surface area (Å²) in [6.07, 6.45) is -15.9. The molecule has 9 N–H and O–H groups in total. The van der Waals surface area contributed by atoms with E-state index in [0.717, 1.165) is 0 Å². The van der Waals surface area contributed by atoms with Gasteiger partial charge in [-0.1, -0.05) is 6.58 Å². The standard InChI is InChI=1S/C19H32N2O13/c1-7(2)17(29)31-4-3-20-19(30)21-16-13(27)12(26)15(9(6-23)32-16)34-18-14(28)11(25)10(24)8(5-22)33-18/h8-16,18,22-28H,1,3-6H2,2H3,(H2,20,21,30)/t8-,9-,10-,11+,12-,13-,14-,15-,16-,18+/m1/s1. The zero-order valence-corrected chi connectivity index (χ0v) is 18.4. The number of nitrogens with one attached hydrogen (secondary N) is 2. The van der Waals surface area contributed by atoms with E-state index in [4.69, 9.17) is 18.9 Å². The summed E-state index contributed by atoms with van der Waals surface area (Å²) in [5.41, 5.74) is 0.188. The Morgan fingerprint density at radius 1 is 0.912 bits per heavy atom. The van der Waals surface area contributed by atoms with Gasteiger partial charge in [-0.05, 0) is 6.92 Å². The monoisotopic (exact) mass is 496 g/mol. The highest BCUT2D eigenvalue weighted by molar-refractivity contribution is 5.86. The molecule has 0 bridgehead atoms. The molecule has 0 aromatic rings. The maximum Gasteiger partial charge on any atom is 0.333 e.